The average molecular weight is 325 g/mol. The van der Waals surface area contributed by atoms with Crippen LogP contribution in [0.3, 0.4) is 0 Å². The zero-order valence-corrected chi connectivity index (χ0v) is 13.9. The summed E-state index contributed by atoms with van der Waals surface area (Å²) in [7, 11) is 0. The van der Waals surface area contributed by atoms with Gasteiger partial charge in [-0.25, -0.2) is 14.2 Å². The Morgan fingerprint density at radius 3 is 2.43 bits per heavy atom. The van der Waals surface area contributed by atoms with E-state index in [0.717, 1.165) is 9.90 Å². The molecule has 1 heterocycles. The second kappa shape index (κ2) is 6.15. The molecule has 0 unspecified atom stereocenters. The molecule has 0 N–H and O–H groups in total. The van der Waals surface area contributed by atoms with Crippen LogP contribution in [0.15, 0.2) is 28.6 Å². The predicted octanol–water partition coefficient (Wildman–Crippen LogP) is 4.63. The Kier molecular flexibility index (Phi) is 4.68. The summed E-state index contributed by atoms with van der Waals surface area (Å²) in [4.78, 5) is 17.3. The maximum absolute atomic E-state index is 13.0. The van der Waals surface area contributed by atoms with Gasteiger partial charge in [0.2, 0.25) is 0 Å². The first-order chi connectivity index (χ1) is 9.80. The smallest absolute Gasteiger partial charge is 0.359 e. The van der Waals surface area contributed by atoms with Crippen LogP contribution in [-0.2, 0) is 4.74 Å². The van der Waals surface area contributed by atoms with E-state index in [9.17, 15) is 9.18 Å². The van der Waals surface area contributed by atoms with E-state index in [1.54, 1.807) is 12.1 Å². The molecule has 0 amide bonds. The molecular weight excluding hydrogens is 309 g/mol. The monoisotopic (exact) mass is 325 g/mol. The Hall–Kier alpha value is -1.40. The maximum atomic E-state index is 13.0. The Morgan fingerprint density at radius 2 is 1.90 bits per heavy atom. The van der Waals surface area contributed by atoms with Crippen LogP contribution < -0.4 is 0 Å². The van der Waals surface area contributed by atoms with Crippen molar-refractivity contribution in [2.24, 2.45) is 0 Å². The number of carbonyl (C=O) groups is 1. The number of esters is 1. The summed E-state index contributed by atoms with van der Waals surface area (Å²) >= 11 is 2.86. The number of aromatic nitrogens is 1. The average Bonchev–Trinajstić information content (AvgIpc) is 2.82. The molecule has 0 saturated carbocycles. The molecule has 0 fully saturated rings. The quantitative estimate of drug-likeness (QED) is 0.609. The highest BCUT2D eigenvalue weighted by atomic mass is 32.2. The van der Waals surface area contributed by atoms with E-state index in [4.69, 9.17) is 4.74 Å². The van der Waals surface area contributed by atoms with Crippen molar-refractivity contribution in [2.75, 3.05) is 6.26 Å². The van der Waals surface area contributed by atoms with Gasteiger partial charge in [-0.3, -0.25) is 0 Å². The Labute approximate surface area is 131 Å². The van der Waals surface area contributed by atoms with Crippen molar-refractivity contribution in [3.05, 3.63) is 35.8 Å². The van der Waals surface area contributed by atoms with Gasteiger partial charge in [-0.2, -0.15) is 0 Å². The summed E-state index contributed by atoms with van der Waals surface area (Å²) in [6, 6.07) is 6.01. The van der Waals surface area contributed by atoms with E-state index < -0.39 is 11.6 Å². The lowest BCUT2D eigenvalue weighted by Crippen LogP contribution is -2.24. The lowest BCUT2D eigenvalue weighted by Gasteiger charge is -2.19. The van der Waals surface area contributed by atoms with Crippen LogP contribution in [0.25, 0.3) is 10.4 Å². The molecule has 2 aromatic rings. The summed E-state index contributed by atoms with van der Waals surface area (Å²) in [5.74, 6) is -0.773. The molecule has 0 atom stereocenters. The van der Waals surface area contributed by atoms with Gasteiger partial charge in [-0.15, -0.1) is 11.3 Å². The number of ether oxygens (including phenoxy) is 1. The second-order valence-electron chi connectivity index (χ2n) is 5.37. The van der Waals surface area contributed by atoms with Gasteiger partial charge in [-0.05, 0) is 44.7 Å². The Balaban J connectivity index is 2.43. The molecule has 1 aromatic carbocycles. The molecule has 3 nitrogen and oxygen atoms in total. The molecule has 6 heteroatoms. The Bertz CT molecular complexity index is 645. The van der Waals surface area contributed by atoms with E-state index in [2.05, 4.69) is 4.98 Å². The van der Waals surface area contributed by atoms with Gasteiger partial charge >= 0.3 is 5.97 Å². The van der Waals surface area contributed by atoms with Crippen LogP contribution in [0.5, 0.6) is 0 Å². The number of halogens is 1. The molecule has 0 aliphatic rings. The van der Waals surface area contributed by atoms with Crippen molar-refractivity contribution in [3.63, 3.8) is 0 Å². The molecule has 0 radical (unpaired) electrons. The number of rotatable bonds is 3. The number of thioether (sulfide) groups is 1. The van der Waals surface area contributed by atoms with Crippen LogP contribution in [-0.4, -0.2) is 22.8 Å². The van der Waals surface area contributed by atoms with Crippen LogP contribution in [0.2, 0.25) is 0 Å². The summed E-state index contributed by atoms with van der Waals surface area (Å²) < 4.78 is 19.2. The molecule has 1 aromatic heterocycles. The van der Waals surface area contributed by atoms with Gasteiger partial charge in [0.1, 0.15) is 11.4 Å². The largest absolute Gasteiger partial charge is 0.455 e. The third kappa shape index (κ3) is 4.04. The maximum Gasteiger partial charge on any atom is 0.359 e. The zero-order valence-electron chi connectivity index (χ0n) is 12.3. The highest BCUT2D eigenvalue weighted by molar-refractivity contribution is 8.00. The van der Waals surface area contributed by atoms with Gasteiger partial charge in [0.05, 0.1) is 4.88 Å². The van der Waals surface area contributed by atoms with Gasteiger partial charge in [0.25, 0.3) is 0 Å². The van der Waals surface area contributed by atoms with E-state index >= 15 is 0 Å². The van der Waals surface area contributed by atoms with Gasteiger partial charge in [0, 0.05) is 0 Å². The first kappa shape index (κ1) is 16.0. The topological polar surface area (TPSA) is 39.2 Å². The number of nitrogens with zero attached hydrogens (tertiary/aromatic N) is 1. The number of hydrogen-bond donors (Lipinski definition) is 0. The van der Waals surface area contributed by atoms with Gasteiger partial charge in [0.15, 0.2) is 10.0 Å². The first-order valence-corrected chi connectivity index (χ1v) is 8.38. The standard InChI is InChI=1S/C15H16FNO2S2/c1-15(2,3)19-13(18)11-12(21-14(17-11)20-4)9-5-7-10(16)8-6-9/h5-8H,1-4H3. The minimum atomic E-state index is -0.583. The van der Waals surface area contributed by atoms with Crippen LogP contribution in [0.4, 0.5) is 4.39 Å². The van der Waals surface area contributed by atoms with Crippen molar-refractivity contribution in [1.82, 2.24) is 4.98 Å². The fraction of sp³-hybridized carbons (Fsp3) is 0.333. The van der Waals surface area contributed by atoms with Crippen molar-refractivity contribution in [2.45, 2.75) is 30.7 Å². The molecule has 0 spiro atoms. The normalized spacial score (nSPS) is 11.5. The number of thiazole rings is 1. The van der Waals surface area contributed by atoms with Crippen molar-refractivity contribution in [1.29, 1.82) is 0 Å². The molecule has 0 aliphatic carbocycles. The number of hydrogen-bond acceptors (Lipinski definition) is 5. The molecule has 0 bridgehead atoms. The summed E-state index contributed by atoms with van der Waals surface area (Å²) in [6.07, 6.45) is 1.89. The summed E-state index contributed by atoms with van der Waals surface area (Å²) in [6.45, 7) is 5.43. The number of benzene rings is 1. The van der Waals surface area contributed by atoms with E-state index in [-0.39, 0.29) is 11.5 Å². The second-order valence-corrected chi connectivity index (χ2v) is 7.42. The van der Waals surface area contributed by atoms with Crippen LogP contribution in [0, 0.1) is 5.82 Å². The zero-order chi connectivity index (χ0) is 15.6. The van der Waals surface area contributed by atoms with E-state index in [0.29, 0.717) is 4.88 Å². The summed E-state index contributed by atoms with van der Waals surface area (Å²) in [5.41, 5.74) is 0.459. The molecule has 0 aliphatic heterocycles. The number of carbonyl (C=O) groups excluding carboxylic acids is 1. The highest BCUT2D eigenvalue weighted by Gasteiger charge is 2.25. The molecule has 2 rings (SSSR count). The lowest BCUT2D eigenvalue weighted by molar-refractivity contribution is 0.00641. The summed E-state index contributed by atoms with van der Waals surface area (Å²) in [5, 5.41) is 0. The minimum absolute atomic E-state index is 0.283. The molecule has 0 saturated heterocycles. The van der Waals surface area contributed by atoms with Gasteiger partial charge in [-0.1, -0.05) is 23.9 Å². The van der Waals surface area contributed by atoms with E-state index in [1.807, 2.05) is 27.0 Å². The van der Waals surface area contributed by atoms with Crippen molar-refractivity contribution < 1.29 is 13.9 Å². The molecule has 112 valence electrons. The third-order valence-corrected chi connectivity index (χ3v) is 4.57. The lowest BCUT2D eigenvalue weighted by atomic mass is 10.1. The Morgan fingerprint density at radius 1 is 1.29 bits per heavy atom. The molecular formula is C15H16FNO2S2. The third-order valence-electron chi connectivity index (χ3n) is 2.48. The van der Waals surface area contributed by atoms with E-state index in [1.165, 1.54) is 35.2 Å². The van der Waals surface area contributed by atoms with Crippen molar-refractivity contribution >= 4 is 29.1 Å². The SMILES string of the molecule is CSc1nc(C(=O)OC(C)(C)C)c(-c2ccc(F)cc2)s1. The first-order valence-electron chi connectivity index (χ1n) is 6.34. The highest BCUT2D eigenvalue weighted by Crippen LogP contribution is 2.35. The molecule has 21 heavy (non-hydrogen) atoms. The minimum Gasteiger partial charge on any atom is -0.455 e. The van der Waals surface area contributed by atoms with Crippen molar-refractivity contribution in [3.8, 4) is 10.4 Å². The fourth-order valence-electron chi connectivity index (χ4n) is 1.65. The van der Waals surface area contributed by atoms with Gasteiger partial charge < -0.3 is 4.74 Å². The fourth-order valence-corrected chi connectivity index (χ4v) is 3.21. The predicted molar refractivity (Wildman–Crippen MR) is 84.5 cm³/mol. The van der Waals surface area contributed by atoms with Crippen LogP contribution >= 0.6 is 23.1 Å². The van der Waals surface area contributed by atoms with Crippen LogP contribution in [0.1, 0.15) is 31.3 Å².